The zero-order valence-electron chi connectivity index (χ0n) is 8.85. The van der Waals surface area contributed by atoms with E-state index in [0.717, 1.165) is 37.6 Å². The van der Waals surface area contributed by atoms with Crippen LogP contribution in [0.25, 0.3) is 0 Å². The summed E-state index contributed by atoms with van der Waals surface area (Å²) in [5.41, 5.74) is 0.248. The number of piperidine rings is 1. The third kappa shape index (κ3) is 2.55. The van der Waals surface area contributed by atoms with Gasteiger partial charge in [0, 0.05) is 6.54 Å². The predicted molar refractivity (Wildman–Crippen MR) is 56.3 cm³/mol. The van der Waals surface area contributed by atoms with E-state index in [4.69, 9.17) is 0 Å². The quantitative estimate of drug-likeness (QED) is 0.780. The van der Waals surface area contributed by atoms with Crippen molar-refractivity contribution in [2.45, 2.75) is 24.9 Å². The molecule has 88 valence electrons. The van der Waals surface area contributed by atoms with Gasteiger partial charge in [0.05, 0.1) is 5.56 Å². The van der Waals surface area contributed by atoms with Gasteiger partial charge in [0.15, 0.2) is 0 Å². The molecular formula is C12H14F3N. The van der Waals surface area contributed by atoms with Crippen LogP contribution in [-0.4, -0.2) is 13.1 Å². The molecule has 1 aromatic rings. The Hall–Kier alpha value is -1.03. The Labute approximate surface area is 92.7 Å². The SMILES string of the molecule is FC(F)(F)c1cccc(C2CCCNC2)c1. The molecule has 1 nitrogen and oxygen atoms in total. The molecule has 0 amide bonds. The summed E-state index contributed by atoms with van der Waals surface area (Å²) in [6.07, 6.45) is -2.24. The normalized spacial score (nSPS) is 22.1. The van der Waals surface area contributed by atoms with Crippen molar-refractivity contribution in [1.82, 2.24) is 5.32 Å². The molecule has 1 atom stereocenters. The lowest BCUT2D eigenvalue weighted by Crippen LogP contribution is -2.28. The fourth-order valence-corrected chi connectivity index (χ4v) is 2.11. The standard InChI is InChI=1S/C12H14F3N/c13-12(14,15)11-5-1-3-9(7-11)10-4-2-6-16-8-10/h1,3,5,7,10,16H,2,4,6,8H2. The van der Waals surface area contributed by atoms with Crippen LogP contribution in [0.4, 0.5) is 13.2 Å². The van der Waals surface area contributed by atoms with Gasteiger partial charge in [0.2, 0.25) is 0 Å². The van der Waals surface area contributed by atoms with Gasteiger partial charge in [-0.2, -0.15) is 13.2 Å². The van der Waals surface area contributed by atoms with Gasteiger partial charge in [-0.1, -0.05) is 18.2 Å². The van der Waals surface area contributed by atoms with Gasteiger partial charge in [-0.05, 0) is 36.9 Å². The highest BCUT2D eigenvalue weighted by Crippen LogP contribution is 2.32. The Morgan fingerprint density at radius 3 is 2.69 bits per heavy atom. The van der Waals surface area contributed by atoms with E-state index in [1.807, 2.05) is 0 Å². The molecule has 1 aliphatic heterocycles. The Morgan fingerprint density at radius 1 is 1.25 bits per heavy atom. The first kappa shape index (κ1) is 11.5. The molecule has 0 spiro atoms. The van der Waals surface area contributed by atoms with Gasteiger partial charge in [-0.3, -0.25) is 0 Å². The first-order chi connectivity index (χ1) is 7.57. The second-order valence-corrected chi connectivity index (χ2v) is 4.17. The lowest BCUT2D eigenvalue weighted by molar-refractivity contribution is -0.137. The summed E-state index contributed by atoms with van der Waals surface area (Å²) >= 11 is 0. The van der Waals surface area contributed by atoms with Crippen molar-refractivity contribution in [1.29, 1.82) is 0 Å². The molecule has 0 aromatic heterocycles. The molecule has 0 saturated carbocycles. The number of hydrogen-bond donors (Lipinski definition) is 1. The minimum Gasteiger partial charge on any atom is -0.316 e. The number of hydrogen-bond acceptors (Lipinski definition) is 1. The minimum absolute atomic E-state index is 0.219. The Morgan fingerprint density at radius 2 is 2.06 bits per heavy atom. The van der Waals surface area contributed by atoms with Crippen LogP contribution in [0.5, 0.6) is 0 Å². The molecule has 0 radical (unpaired) electrons. The molecule has 1 unspecified atom stereocenters. The van der Waals surface area contributed by atoms with Gasteiger partial charge in [0.1, 0.15) is 0 Å². The van der Waals surface area contributed by atoms with Crippen LogP contribution in [0, 0.1) is 0 Å². The van der Waals surface area contributed by atoms with Crippen LogP contribution in [0.3, 0.4) is 0 Å². The van der Waals surface area contributed by atoms with Crippen molar-refractivity contribution in [3.63, 3.8) is 0 Å². The maximum absolute atomic E-state index is 12.5. The number of benzene rings is 1. The van der Waals surface area contributed by atoms with Crippen LogP contribution < -0.4 is 5.32 Å². The third-order valence-electron chi connectivity index (χ3n) is 2.98. The molecule has 0 bridgehead atoms. The van der Waals surface area contributed by atoms with E-state index >= 15 is 0 Å². The fourth-order valence-electron chi connectivity index (χ4n) is 2.11. The smallest absolute Gasteiger partial charge is 0.316 e. The number of alkyl halides is 3. The van der Waals surface area contributed by atoms with Gasteiger partial charge in [-0.25, -0.2) is 0 Å². The number of nitrogens with one attached hydrogen (secondary N) is 1. The average Bonchev–Trinajstić information content (AvgIpc) is 2.29. The summed E-state index contributed by atoms with van der Waals surface area (Å²) in [7, 11) is 0. The van der Waals surface area contributed by atoms with Crippen LogP contribution in [0.2, 0.25) is 0 Å². The second-order valence-electron chi connectivity index (χ2n) is 4.17. The Balaban J connectivity index is 2.21. The van der Waals surface area contributed by atoms with Crippen molar-refractivity contribution in [3.05, 3.63) is 35.4 Å². The topological polar surface area (TPSA) is 12.0 Å². The fraction of sp³-hybridized carbons (Fsp3) is 0.500. The molecule has 1 saturated heterocycles. The summed E-state index contributed by atoms with van der Waals surface area (Å²) in [4.78, 5) is 0. The Bertz CT molecular complexity index is 354. The first-order valence-electron chi connectivity index (χ1n) is 5.45. The largest absolute Gasteiger partial charge is 0.416 e. The van der Waals surface area contributed by atoms with Crippen molar-refractivity contribution in [2.24, 2.45) is 0 Å². The second kappa shape index (κ2) is 4.45. The molecule has 4 heteroatoms. The van der Waals surface area contributed by atoms with E-state index in [1.54, 1.807) is 6.07 Å². The molecule has 1 aromatic carbocycles. The zero-order chi connectivity index (χ0) is 11.6. The highest BCUT2D eigenvalue weighted by molar-refractivity contribution is 5.28. The van der Waals surface area contributed by atoms with E-state index in [1.165, 1.54) is 12.1 Å². The summed E-state index contributed by atoms with van der Waals surface area (Å²) < 4.78 is 37.6. The molecule has 0 aliphatic carbocycles. The lowest BCUT2D eigenvalue weighted by Gasteiger charge is -2.23. The van der Waals surface area contributed by atoms with E-state index in [-0.39, 0.29) is 5.92 Å². The van der Waals surface area contributed by atoms with Crippen LogP contribution in [0.15, 0.2) is 24.3 Å². The molecule has 1 aliphatic rings. The van der Waals surface area contributed by atoms with E-state index in [2.05, 4.69) is 5.32 Å². The summed E-state index contributed by atoms with van der Waals surface area (Å²) in [5, 5.41) is 3.21. The van der Waals surface area contributed by atoms with E-state index < -0.39 is 11.7 Å². The molecule has 1 fully saturated rings. The van der Waals surface area contributed by atoms with Crippen LogP contribution in [0.1, 0.15) is 29.9 Å². The van der Waals surface area contributed by atoms with E-state index in [9.17, 15) is 13.2 Å². The van der Waals surface area contributed by atoms with Gasteiger partial charge in [-0.15, -0.1) is 0 Å². The van der Waals surface area contributed by atoms with Crippen molar-refractivity contribution >= 4 is 0 Å². The minimum atomic E-state index is -4.24. The van der Waals surface area contributed by atoms with Crippen molar-refractivity contribution in [2.75, 3.05) is 13.1 Å². The molecule has 16 heavy (non-hydrogen) atoms. The first-order valence-corrected chi connectivity index (χ1v) is 5.45. The average molecular weight is 229 g/mol. The maximum atomic E-state index is 12.5. The molecule has 2 rings (SSSR count). The summed E-state index contributed by atoms with van der Waals surface area (Å²) in [6.45, 7) is 1.75. The van der Waals surface area contributed by atoms with Gasteiger partial charge >= 0.3 is 6.18 Å². The zero-order valence-corrected chi connectivity index (χ0v) is 8.85. The molecule has 1 heterocycles. The molecule has 1 N–H and O–H groups in total. The lowest BCUT2D eigenvalue weighted by atomic mass is 9.91. The maximum Gasteiger partial charge on any atom is 0.416 e. The summed E-state index contributed by atoms with van der Waals surface area (Å²) in [5.74, 6) is 0.219. The third-order valence-corrected chi connectivity index (χ3v) is 2.98. The number of rotatable bonds is 1. The summed E-state index contributed by atoms with van der Waals surface area (Å²) in [6, 6.07) is 5.68. The van der Waals surface area contributed by atoms with Gasteiger partial charge in [0.25, 0.3) is 0 Å². The predicted octanol–water partition coefficient (Wildman–Crippen LogP) is 3.17. The van der Waals surface area contributed by atoms with Crippen LogP contribution >= 0.6 is 0 Å². The highest BCUT2D eigenvalue weighted by Gasteiger charge is 2.31. The van der Waals surface area contributed by atoms with Crippen molar-refractivity contribution in [3.8, 4) is 0 Å². The highest BCUT2D eigenvalue weighted by atomic mass is 19.4. The Kier molecular flexibility index (Phi) is 3.19. The molecular weight excluding hydrogens is 215 g/mol. The number of halogens is 3. The van der Waals surface area contributed by atoms with Crippen molar-refractivity contribution < 1.29 is 13.2 Å². The van der Waals surface area contributed by atoms with E-state index in [0.29, 0.717) is 0 Å². The van der Waals surface area contributed by atoms with Gasteiger partial charge < -0.3 is 5.32 Å². The monoisotopic (exact) mass is 229 g/mol. The van der Waals surface area contributed by atoms with Crippen LogP contribution in [-0.2, 0) is 6.18 Å².